The van der Waals surface area contributed by atoms with Gasteiger partial charge in [0.05, 0.1) is 6.61 Å². The highest BCUT2D eigenvalue weighted by Gasteiger charge is 2.13. The van der Waals surface area contributed by atoms with E-state index >= 15 is 0 Å². The molecular formula is C14H20N2O2S. The van der Waals surface area contributed by atoms with Gasteiger partial charge in [-0.15, -0.1) is 10.2 Å². The average molecular weight is 280 g/mol. The molecule has 19 heavy (non-hydrogen) atoms. The van der Waals surface area contributed by atoms with Crippen LogP contribution in [0.2, 0.25) is 0 Å². The quantitative estimate of drug-likeness (QED) is 0.830. The summed E-state index contributed by atoms with van der Waals surface area (Å²) in [5.74, 6) is 1.13. The number of hydrogen-bond acceptors (Lipinski definition) is 5. The number of hydrogen-bond donors (Lipinski definition) is 2. The van der Waals surface area contributed by atoms with Gasteiger partial charge in [0.15, 0.2) is 0 Å². The standard InChI is InChI=1S/C12H14N2O.C2H6OS/c1-12(2,3)10-6-4-9(5-7-10)11-14-13-8-15-11;3-1-2-4/h4-8H,1-3H3;3-4H,1-2H2. The smallest absolute Gasteiger partial charge is 0.247 e. The topological polar surface area (TPSA) is 59.2 Å². The van der Waals surface area contributed by atoms with Crippen LogP contribution in [0, 0.1) is 0 Å². The van der Waals surface area contributed by atoms with Crippen LogP contribution in [0.1, 0.15) is 26.3 Å². The van der Waals surface area contributed by atoms with Crippen LogP contribution >= 0.6 is 12.6 Å². The molecule has 4 nitrogen and oxygen atoms in total. The van der Waals surface area contributed by atoms with E-state index in [1.54, 1.807) is 0 Å². The van der Waals surface area contributed by atoms with Gasteiger partial charge >= 0.3 is 0 Å². The predicted octanol–water partition coefficient (Wildman–Crippen LogP) is 2.94. The first-order valence-corrected chi connectivity index (χ1v) is 6.71. The fraction of sp³-hybridized carbons (Fsp3) is 0.429. The molecule has 2 aromatic rings. The molecule has 1 N–H and O–H groups in total. The summed E-state index contributed by atoms with van der Waals surface area (Å²) in [6.07, 6.45) is 1.34. The van der Waals surface area contributed by atoms with Crippen LogP contribution in [-0.4, -0.2) is 27.7 Å². The molecule has 0 aliphatic rings. The van der Waals surface area contributed by atoms with Crippen LogP contribution in [0.15, 0.2) is 35.1 Å². The van der Waals surface area contributed by atoms with Crippen LogP contribution in [0.25, 0.3) is 11.5 Å². The Kier molecular flexibility index (Phi) is 6.05. The summed E-state index contributed by atoms with van der Waals surface area (Å²) in [7, 11) is 0. The Labute approximate surface area is 119 Å². The SMILES string of the molecule is CC(C)(C)c1ccc(-c2nnco2)cc1.OCCS. The second-order valence-electron chi connectivity index (χ2n) is 5.02. The minimum absolute atomic E-state index is 0.174. The van der Waals surface area contributed by atoms with E-state index < -0.39 is 0 Å². The number of thiol groups is 1. The van der Waals surface area contributed by atoms with E-state index in [0.29, 0.717) is 11.6 Å². The molecule has 1 heterocycles. The summed E-state index contributed by atoms with van der Waals surface area (Å²) in [6.45, 7) is 6.75. The Bertz CT molecular complexity index is 459. The molecule has 0 amide bonds. The lowest BCUT2D eigenvalue weighted by atomic mass is 9.87. The maximum Gasteiger partial charge on any atom is 0.247 e. The fourth-order valence-electron chi connectivity index (χ4n) is 1.41. The van der Waals surface area contributed by atoms with Gasteiger partial charge < -0.3 is 9.52 Å². The molecule has 1 aromatic heterocycles. The molecular weight excluding hydrogens is 260 g/mol. The molecule has 104 valence electrons. The predicted molar refractivity (Wildman–Crippen MR) is 79.4 cm³/mol. The summed E-state index contributed by atoms with van der Waals surface area (Å²) in [6, 6.07) is 8.21. The summed E-state index contributed by atoms with van der Waals surface area (Å²) < 4.78 is 5.12. The summed E-state index contributed by atoms with van der Waals surface area (Å²) in [5, 5.41) is 15.3. The van der Waals surface area contributed by atoms with Crippen molar-refractivity contribution in [1.29, 1.82) is 0 Å². The Hall–Kier alpha value is -1.33. The van der Waals surface area contributed by atoms with Gasteiger partial charge in [0.25, 0.3) is 0 Å². The zero-order valence-corrected chi connectivity index (χ0v) is 12.4. The summed E-state index contributed by atoms with van der Waals surface area (Å²) in [4.78, 5) is 0. The third kappa shape index (κ3) is 5.04. The number of rotatable bonds is 2. The van der Waals surface area contributed by atoms with E-state index in [1.807, 2.05) is 12.1 Å². The Morgan fingerprint density at radius 3 is 2.16 bits per heavy atom. The van der Waals surface area contributed by atoms with Crippen LogP contribution in [-0.2, 0) is 5.41 Å². The maximum absolute atomic E-state index is 7.80. The third-order valence-corrected chi connectivity index (χ3v) is 2.66. The van der Waals surface area contributed by atoms with Gasteiger partial charge in [-0.1, -0.05) is 32.9 Å². The number of aromatic nitrogens is 2. The molecule has 0 unspecified atom stereocenters. The van der Waals surface area contributed by atoms with Crippen LogP contribution < -0.4 is 0 Å². The highest BCUT2D eigenvalue weighted by atomic mass is 32.1. The van der Waals surface area contributed by atoms with E-state index in [-0.39, 0.29) is 12.0 Å². The van der Waals surface area contributed by atoms with Crippen molar-refractivity contribution in [3.63, 3.8) is 0 Å². The van der Waals surface area contributed by atoms with Crippen LogP contribution in [0.5, 0.6) is 0 Å². The third-order valence-electron chi connectivity index (χ3n) is 2.46. The maximum atomic E-state index is 7.80. The van der Waals surface area contributed by atoms with Crippen molar-refractivity contribution in [1.82, 2.24) is 10.2 Å². The molecule has 0 spiro atoms. The zero-order valence-electron chi connectivity index (χ0n) is 11.5. The Morgan fingerprint density at radius 2 is 1.79 bits per heavy atom. The van der Waals surface area contributed by atoms with Gasteiger partial charge in [-0.05, 0) is 23.1 Å². The molecule has 0 saturated heterocycles. The van der Waals surface area contributed by atoms with E-state index in [0.717, 1.165) is 5.56 Å². The first kappa shape index (κ1) is 15.7. The highest BCUT2D eigenvalue weighted by Crippen LogP contribution is 2.24. The minimum Gasteiger partial charge on any atom is -0.423 e. The lowest BCUT2D eigenvalue weighted by Gasteiger charge is -2.18. The van der Waals surface area contributed by atoms with E-state index in [1.165, 1.54) is 12.0 Å². The summed E-state index contributed by atoms with van der Waals surface area (Å²) in [5.41, 5.74) is 2.43. The van der Waals surface area contributed by atoms with Gasteiger partial charge in [0.1, 0.15) is 0 Å². The van der Waals surface area contributed by atoms with Crippen molar-refractivity contribution in [2.75, 3.05) is 12.4 Å². The van der Waals surface area contributed by atoms with Crippen molar-refractivity contribution in [3.05, 3.63) is 36.2 Å². The lowest BCUT2D eigenvalue weighted by molar-refractivity contribution is 0.323. The number of nitrogens with zero attached hydrogens (tertiary/aromatic N) is 2. The van der Waals surface area contributed by atoms with E-state index in [2.05, 4.69) is 55.7 Å². The second-order valence-corrected chi connectivity index (χ2v) is 5.47. The molecule has 1 aromatic carbocycles. The van der Waals surface area contributed by atoms with Crippen molar-refractivity contribution in [3.8, 4) is 11.5 Å². The lowest BCUT2D eigenvalue weighted by Crippen LogP contribution is -2.10. The molecule has 0 radical (unpaired) electrons. The van der Waals surface area contributed by atoms with Crippen molar-refractivity contribution in [2.24, 2.45) is 0 Å². The van der Waals surface area contributed by atoms with Crippen molar-refractivity contribution < 1.29 is 9.52 Å². The molecule has 0 fully saturated rings. The molecule has 0 aliphatic heterocycles. The van der Waals surface area contributed by atoms with Gasteiger partial charge in [-0.2, -0.15) is 12.6 Å². The van der Waals surface area contributed by atoms with Gasteiger partial charge in [-0.3, -0.25) is 0 Å². The Balaban J connectivity index is 0.000000399. The molecule has 0 saturated carbocycles. The molecule has 0 aliphatic carbocycles. The van der Waals surface area contributed by atoms with Crippen molar-refractivity contribution in [2.45, 2.75) is 26.2 Å². The van der Waals surface area contributed by atoms with E-state index in [9.17, 15) is 0 Å². The molecule has 0 atom stereocenters. The van der Waals surface area contributed by atoms with Gasteiger partial charge in [0, 0.05) is 11.3 Å². The zero-order chi connectivity index (χ0) is 14.3. The van der Waals surface area contributed by atoms with Gasteiger partial charge in [0.2, 0.25) is 12.3 Å². The van der Waals surface area contributed by atoms with E-state index in [4.69, 9.17) is 9.52 Å². The molecule has 2 rings (SSSR count). The first-order chi connectivity index (χ1) is 8.99. The van der Waals surface area contributed by atoms with Crippen LogP contribution in [0.3, 0.4) is 0 Å². The number of aliphatic hydroxyl groups is 1. The number of benzene rings is 1. The minimum atomic E-state index is 0.174. The normalized spacial score (nSPS) is 10.8. The fourth-order valence-corrected chi connectivity index (χ4v) is 1.41. The largest absolute Gasteiger partial charge is 0.423 e. The second kappa shape index (κ2) is 7.31. The Morgan fingerprint density at radius 1 is 1.21 bits per heavy atom. The number of aliphatic hydroxyl groups excluding tert-OH is 1. The molecule has 5 heteroatoms. The monoisotopic (exact) mass is 280 g/mol. The van der Waals surface area contributed by atoms with Gasteiger partial charge in [-0.25, -0.2) is 0 Å². The molecule has 0 bridgehead atoms. The highest BCUT2D eigenvalue weighted by molar-refractivity contribution is 7.80. The summed E-state index contributed by atoms with van der Waals surface area (Å²) >= 11 is 3.67. The average Bonchev–Trinajstić information content (AvgIpc) is 2.92. The van der Waals surface area contributed by atoms with Crippen LogP contribution in [0.4, 0.5) is 0 Å². The van der Waals surface area contributed by atoms with Crippen molar-refractivity contribution >= 4 is 12.6 Å². The first-order valence-electron chi connectivity index (χ1n) is 6.08.